The van der Waals surface area contributed by atoms with E-state index in [-0.39, 0.29) is 35.2 Å². The van der Waals surface area contributed by atoms with Gasteiger partial charge < -0.3 is 14.2 Å². The summed E-state index contributed by atoms with van der Waals surface area (Å²) in [5, 5.41) is 0. The fraction of sp³-hybridized carbons (Fsp3) is 0.324. The topological polar surface area (TPSA) is 44.8 Å². The highest BCUT2D eigenvalue weighted by Crippen LogP contribution is 2.40. The molecule has 0 aromatic heterocycles. The van der Waals surface area contributed by atoms with Gasteiger partial charge in [0.05, 0.1) is 18.8 Å². The van der Waals surface area contributed by atoms with E-state index in [0.29, 0.717) is 54.5 Å². The monoisotopic (exact) mass is 620 g/mol. The molecule has 0 saturated heterocycles. The summed E-state index contributed by atoms with van der Waals surface area (Å²) < 4.78 is 76.1. The number of halogens is 4. The lowest BCUT2D eigenvalue weighted by atomic mass is 9.82. The Morgan fingerprint density at radius 2 is 1.27 bits per heavy atom. The fourth-order valence-corrected chi connectivity index (χ4v) is 5.86. The predicted octanol–water partition coefficient (Wildman–Crippen LogP) is 10.0. The maximum absolute atomic E-state index is 15.2. The van der Waals surface area contributed by atoms with Crippen LogP contribution in [0.25, 0.3) is 22.3 Å². The molecule has 1 fully saturated rings. The van der Waals surface area contributed by atoms with E-state index in [2.05, 4.69) is 0 Å². The van der Waals surface area contributed by atoms with Gasteiger partial charge in [-0.25, -0.2) is 13.6 Å². The number of carbonyl (C=O) groups excluding carboxylic acids is 1. The average Bonchev–Trinajstić information content (AvgIpc) is 3.06. The van der Waals surface area contributed by atoms with Gasteiger partial charge in [-0.2, -0.15) is 8.78 Å². The van der Waals surface area contributed by atoms with Crippen molar-refractivity contribution in [2.45, 2.75) is 64.4 Å². The zero-order valence-electron chi connectivity index (χ0n) is 25.4. The van der Waals surface area contributed by atoms with E-state index in [1.54, 1.807) is 61.5 Å². The fourth-order valence-electron chi connectivity index (χ4n) is 5.86. The summed E-state index contributed by atoms with van der Waals surface area (Å²) in [4.78, 5) is 13.5. The molecule has 4 aromatic rings. The molecule has 0 bridgehead atoms. The summed E-state index contributed by atoms with van der Waals surface area (Å²) >= 11 is 0. The van der Waals surface area contributed by atoms with Crippen LogP contribution < -0.4 is 9.47 Å². The molecule has 8 heteroatoms. The van der Waals surface area contributed by atoms with Crippen LogP contribution in [0.5, 0.6) is 11.5 Å². The molecular formula is C37H36F4O4. The minimum atomic E-state index is -1.08. The van der Waals surface area contributed by atoms with Gasteiger partial charge in [-0.15, -0.1) is 0 Å². The SMILES string of the molecule is CCCCOc1ccc(C2CCC(OC(=O)c3ccccc3-c3ccccc3-c3ccc(OCC)c(F)c3F)CC2)c(F)c1F. The van der Waals surface area contributed by atoms with Gasteiger partial charge in [-0.1, -0.05) is 61.9 Å². The van der Waals surface area contributed by atoms with Crippen LogP contribution >= 0.6 is 0 Å². The number of rotatable bonds is 11. The first-order chi connectivity index (χ1) is 21.8. The zero-order chi connectivity index (χ0) is 31.9. The van der Waals surface area contributed by atoms with Gasteiger partial charge in [0.25, 0.3) is 0 Å². The lowest BCUT2D eigenvalue weighted by Crippen LogP contribution is -2.24. The molecule has 4 nitrogen and oxygen atoms in total. The highest BCUT2D eigenvalue weighted by molar-refractivity contribution is 6.00. The van der Waals surface area contributed by atoms with Crippen LogP contribution in [-0.2, 0) is 4.74 Å². The molecule has 5 rings (SSSR count). The van der Waals surface area contributed by atoms with Gasteiger partial charge in [0.2, 0.25) is 11.6 Å². The summed E-state index contributed by atoms with van der Waals surface area (Å²) in [6.45, 7) is 4.20. The van der Waals surface area contributed by atoms with Gasteiger partial charge >= 0.3 is 5.97 Å². The molecule has 0 atom stereocenters. The Balaban J connectivity index is 1.31. The van der Waals surface area contributed by atoms with E-state index in [1.807, 2.05) is 6.92 Å². The van der Waals surface area contributed by atoms with Gasteiger partial charge in [-0.05, 0) is 91.5 Å². The van der Waals surface area contributed by atoms with Gasteiger partial charge in [0.1, 0.15) is 6.10 Å². The Kier molecular flexibility index (Phi) is 10.4. The first-order valence-electron chi connectivity index (χ1n) is 15.4. The van der Waals surface area contributed by atoms with Gasteiger partial charge in [0, 0.05) is 5.56 Å². The maximum Gasteiger partial charge on any atom is 0.339 e. The first kappa shape index (κ1) is 32.1. The van der Waals surface area contributed by atoms with Crippen LogP contribution in [-0.4, -0.2) is 25.3 Å². The highest BCUT2D eigenvalue weighted by atomic mass is 19.2. The largest absolute Gasteiger partial charge is 0.491 e. The second-order valence-corrected chi connectivity index (χ2v) is 11.1. The molecule has 0 spiro atoms. The van der Waals surface area contributed by atoms with Crippen LogP contribution in [0.3, 0.4) is 0 Å². The molecule has 45 heavy (non-hydrogen) atoms. The van der Waals surface area contributed by atoms with Crippen LogP contribution in [0.1, 0.15) is 74.2 Å². The smallest absolute Gasteiger partial charge is 0.339 e. The normalized spacial score (nSPS) is 16.3. The first-order valence-corrected chi connectivity index (χ1v) is 15.4. The third-order valence-electron chi connectivity index (χ3n) is 8.22. The number of unbranched alkanes of at least 4 members (excludes halogenated alkanes) is 1. The summed E-state index contributed by atoms with van der Waals surface area (Å²) in [6, 6.07) is 19.7. The predicted molar refractivity (Wildman–Crippen MR) is 166 cm³/mol. The van der Waals surface area contributed by atoms with E-state index in [9.17, 15) is 18.0 Å². The van der Waals surface area contributed by atoms with E-state index in [1.165, 1.54) is 18.2 Å². The van der Waals surface area contributed by atoms with Crippen LogP contribution in [0.2, 0.25) is 0 Å². The minimum absolute atomic E-state index is 0.0391. The molecule has 0 amide bonds. The van der Waals surface area contributed by atoms with E-state index in [4.69, 9.17) is 14.2 Å². The molecule has 236 valence electrons. The van der Waals surface area contributed by atoms with Crippen molar-refractivity contribution in [3.63, 3.8) is 0 Å². The Morgan fingerprint density at radius 3 is 1.96 bits per heavy atom. The molecule has 1 saturated carbocycles. The molecule has 0 aliphatic heterocycles. The molecule has 0 heterocycles. The standard InChI is InChI=1S/C37H36F4O4/c1-3-5-22-44-32-20-18-25(33(38)36(32)41)23-14-16-24(17-15-23)45-37(42)30-13-9-8-12-28(30)26-10-6-7-11-27(26)29-19-21-31(43-4-2)35(40)34(29)39/h6-13,18-21,23-24H,3-5,14-17,22H2,1-2H3. The average molecular weight is 621 g/mol. The van der Waals surface area contributed by atoms with Crippen molar-refractivity contribution in [2.24, 2.45) is 0 Å². The second kappa shape index (κ2) is 14.6. The van der Waals surface area contributed by atoms with Crippen molar-refractivity contribution in [3.05, 3.63) is 107 Å². The van der Waals surface area contributed by atoms with Crippen molar-refractivity contribution in [1.29, 1.82) is 0 Å². The number of benzene rings is 4. The Bertz CT molecular complexity index is 1650. The lowest BCUT2D eigenvalue weighted by molar-refractivity contribution is 0.0195. The van der Waals surface area contributed by atoms with Gasteiger partial charge in [0.15, 0.2) is 23.1 Å². The summed E-state index contributed by atoms with van der Waals surface area (Å²) in [5.41, 5.74) is 2.09. The molecular weight excluding hydrogens is 584 g/mol. The number of esters is 1. The third kappa shape index (κ3) is 7.00. The molecule has 4 aromatic carbocycles. The summed E-state index contributed by atoms with van der Waals surface area (Å²) in [5.74, 6) is -4.98. The van der Waals surface area contributed by atoms with Crippen molar-refractivity contribution in [3.8, 4) is 33.8 Å². The highest BCUT2D eigenvalue weighted by Gasteiger charge is 2.29. The van der Waals surface area contributed by atoms with E-state index in [0.717, 1.165) is 12.8 Å². The van der Waals surface area contributed by atoms with E-state index < -0.39 is 35.3 Å². The van der Waals surface area contributed by atoms with E-state index >= 15 is 4.39 Å². The minimum Gasteiger partial charge on any atom is -0.491 e. The number of carbonyl (C=O) groups is 1. The van der Waals surface area contributed by atoms with Crippen LogP contribution in [0, 0.1) is 23.3 Å². The Labute approximate surface area is 261 Å². The quantitative estimate of drug-likeness (QED) is 0.0951. The van der Waals surface area contributed by atoms with Crippen molar-refractivity contribution < 1.29 is 36.6 Å². The van der Waals surface area contributed by atoms with Gasteiger partial charge in [-0.3, -0.25) is 0 Å². The zero-order valence-corrected chi connectivity index (χ0v) is 25.4. The molecule has 0 unspecified atom stereocenters. The number of ether oxygens (including phenoxy) is 3. The van der Waals surface area contributed by atoms with Crippen molar-refractivity contribution in [2.75, 3.05) is 13.2 Å². The number of hydrogen-bond donors (Lipinski definition) is 0. The summed E-state index contributed by atoms with van der Waals surface area (Å²) in [7, 11) is 0. The molecule has 0 N–H and O–H groups in total. The molecule has 0 radical (unpaired) electrons. The molecule has 1 aliphatic carbocycles. The number of hydrogen-bond acceptors (Lipinski definition) is 4. The van der Waals surface area contributed by atoms with Crippen molar-refractivity contribution >= 4 is 5.97 Å². The maximum atomic E-state index is 15.2. The lowest BCUT2D eigenvalue weighted by Gasteiger charge is -2.29. The van der Waals surface area contributed by atoms with Crippen LogP contribution in [0.4, 0.5) is 17.6 Å². The van der Waals surface area contributed by atoms with Crippen molar-refractivity contribution in [1.82, 2.24) is 0 Å². The van der Waals surface area contributed by atoms with Crippen LogP contribution in [0.15, 0.2) is 72.8 Å². The Hall–Kier alpha value is -4.33. The second-order valence-electron chi connectivity index (χ2n) is 11.1. The summed E-state index contributed by atoms with van der Waals surface area (Å²) in [6.07, 6.45) is 3.26. The third-order valence-corrected chi connectivity index (χ3v) is 8.22. The molecule has 1 aliphatic rings. The Morgan fingerprint density at radius 1 is 0.667 bits per heavy atom.